The van der Waals surface area contributed by atoms with Gasteiger partial charge in [-0.1, -0.05) is 5.16 Å². The third-order valence-corrected chi connectivity index (χ3v) is 3.06. The average molecular weight is 225 g/mol. The largest absolute Gasteiger partial charge is 0.385 e. The van der Waals surface area contributed by atoms with Crippen molar-refractivity contribution in [2.45, 2.75) is 38.1 Å². The lowest BCUT2D eigenvalue weighted by molar-refractivity contribution is 0.194. The Morgan fingerprint density at radius 2 is 2.44 bits per heavy atom. The molecule has 1 aromatic rings. The second-order valence-corrected chi connectivity index (χ2v) is 4.47. The lowest BCUT2D eigenvalue weighted by atomic mass is 10.0. The van der Waals surface area contributed by atoms with E-state index in [2.05, 4.69) is 22.4 Å². The van der Waals surface area contributed by atoms with Gasteiger partial charge < -0.3 is 14.6 Å². The molecule has 1 saturated heterocycles. The molecule has 1 fully saturated rings. The Morgan fingerprint density at radius 1 is 1.56 bits per heavy atom. The first-order chi connectivity index (χ1) is 7.74. The molecule has 2 rings (SSSR count). The minimum atomic E-state index is -0.119. The fourth-order valence-corrected chi connectivity index (χ4v) is 2.03. The first-order valence-corrected chi connectivity index (χ1v) is 5.82. The Morgan fingerprint density at radius 3 is 3.12 bits per heavy atom. The van der Waals surface area contributed by atoms with Crippen molar-refractivity contribution in [3.05, 3.63) is 11.7 Å². The van der Waals surface area contributed by atoms with Gasteiger partial charge in [-0.3, -0.25) is 0 Å². The maximum Gasteiger partial charge on any atom is 0.246 e. The second-order valence-electron chi connectivity index (χ2n) is 4.47. The molecular formula is C11H19N3O2. The third-order valence-electron chi connectivity index (χ3n) is 3.06. The summed E-state index contributed by atoms with van der Waals surface area (Å²) in [5.74, 6) is 1.50. The molecule has 0 bridgehead atoms. The average Bonchev–Trinajstić information content (AvgIpc) is 2.88. The van der Waals surface area contributed by atoms with Crippen molar-refractivity contribution in [1.82, 2.24) is 15.5 Å². The molecule has 1 N–H and O–H groups in total. The number of rotatable bonds is 5. The summed E-state index contributed by atoms with van der Waals surface area (Å²) in [5, 5.41) is 7.41. The van der Waals surface area contributed by atoms with Crippen LogP contribution in [0, 0.1) is 0 Å². The maximum absolute atomic E-state index is 5.32. The fourth-order valence-electron chi connectivity index (χ4n) is 2.03. The highest BCUT2D eigenvalue weighted by atomic mass is 16.5. The Kier molecular flexibility index (Phi) is 3.56. The molecule has 2 heterocycles. The Hall–Kier alpha value is -0.940. The van der Waals surface area contributed by atoms with Crippen molar-refractivity contribution in [3.8, 4) is 0 Å². The molecule has 1 aliphatic rings. The zero-order chi connectivity index (χ0) is 11.4. The van der Waals surface area contributed by atoms with Crippen LogP contribution < -0.4 is 5.32 Å². The van der Waals surface area contributed by atoms with Crippen LogP contribution in [-0.4, -0.2) is 30.4 Å². The standard InChI is InChI=1S/C11H19N3O2/c1-11(6-4-7-12-11)10-13-9(14-16-10)5-3-8-15-2/h12H,3-8H2,1-2H3. The smallest absolute Gasteiger partial charge is 0.246 e. The van der Waals surface area contributed by atoms with Gasteiger partial charge in [-0.05, 0) is 32.7 Å². The van der Waals surface area contributed by atoms with Gasteiger partial charge in [-0.15, -0.1) is 0 Å². The minimum Gasteiger partial charge on any atom is -0.385 e. The van der Waals surface area contributed by atoms with Crippen molar-refractivity contribution in [2.24, 2.45) is 0 Å². The van der Waals surface area contributed by atoms with E-state index < -0.39 is 0 Å². The van der Waals surface area contributed by atoms with Crippen molar-refractivity contribution in [1.29, 1.82) is 0 Å². The van der Waals surface area contributed by atoms with E-state index in [1.165, 1.54) is 0 Å². The predicted molar refractivity (Wildman–Crippen MR) is 59.1 cm³/mol. The van der Waals surface area contributed by atoms with Crippen LogP contribution in [0.5, 0.6) is 0 Å². The minimum absolute atomic E-state index is 0.119. The zero-order valence-electron chi connectivity index (χ0n) is 9.95. The topological polar surface area (TPSA) is 60.2 Å². The van der Waals surface area contributed by atoms with Crippen molar-refractivity contribution in [3.63, 3.8) is 0 Å². The quantitative estimate of drug-likeness (QED) is 0.764. The Balaban J connectivity index is 1.96. The first-order valence-electron chi connectivity index (χ1n) is 5.82. The fraction of sp³-hybridized carbons (Fsp3) is 0.818. The molecule has 1 aromatic heterocycles. The Bertz CT molecular complexity index is 332. The van der Waals surface area contributed by atoms with E-state index in [0.717, 1.165) is 50.6 Å². The predicted octanol–water partition coefficient (Wildman–Crippen LogP) is 1.25. The monoisotopic (exact) mass is 225 g/mol. The molecule has 5 nitrogen and oxygen atoms in total. The van der Waals surface area contributed by atoms with Crippen LogP contribution in [0.25, 0.3) is 0 Å². The number of nitrogens with one attached hydrogen (secondary N) is 1. The maximum atomic E-state index is 5.32. The number of nitrogens with zero attached hydrogens (tertiary/aromatic N) is 2. The van der Waals surface area contributed by atoms with Gasteiger partial charge in [-0.2, -0.15) is 4.98 Å². The van der Waals surface area contributed by atoms with Gasteiger partial charge in [0.1, 0.15) is 0 Å². The molecule has 0 saturated carbocycles. The summed E-state index contributed by atoms with van der Waals surface area (Å²) >= 11 is 0. The van der Waals surface area contributed by atoms with Crippen LogP contribution in [0.15, 0.2) is 4.52 Å². The summed E-state index contributed by atoms with van der Waals surface area (Å²) < 4.78 is 10.3. The Labute approximate surface area is 95.6 Å². The van der Waals surface area contributed by atoms with Gasteiger partial charge in [-0.25, -0.2) is 0 Å². The zero-order valence-corrected chi connectivity index (χ0v) is 9.95. The molecule has 5 heteroatoms. The number of aryl methyl sites for hydroxylation is 1. The number of hydrogen-bond donors (Lipinski definition) is 1. The normalized spacial score (nSPS) is 25.1. The molecule has 0 spiro atoms. The van der Waals surface area contributed by atoms with Crippen molar-refractivity contribution < 1.29 is 9.26 Å². The van der Waals surface area contributed by atoms with E-state index in [4.69, 9.17) is 9.26 Å². The van der Waals surface area contributed by atoms with Gasteiger partial charge in [0.2, 0.25) is 5.89 Å². The van der Waals surface area contributed by atoms with Crippen molar-refractivity contribution >= 4 is 0 Å². The molecule has 1 aliphatic heterocycles. The summed E-state index contributed by atoms with van der Waals surface area (Å²) in [7, 11) is 1.70. The number of hydrogen-bond acceptors (Lipinski definition) is 5. The van der Waals surface area contributed by atoms with Crippen LogP contribution in [-0.2, 0) is 16.7 Å². The van der Waals surface area contributed by atoms with Crippen LogP contribution in [0.3, 0.4) is 0 Å². The molecule has 0 amide bonds. The summed E-state index contributed by atoms with van der Waals surface area (Å²) in [6.45, 7) is 3.88. The second kappa shape index (κ2) is 4.93. The van der Waals surface area contributed by atoms with E-state index in [1.807, 2.05) is 0 Å². The summed E-state index contributed by atoms with van der Waals surface area (Å²) in [5.41, 5.74) is -0.119. The number of ether oxygens (including phenoxy) is 1. The van der Waals surface area contributed by atoms with E-state index in [1.54, 1.807) is 7.11 Å². The van der Waals surface area contributed by atoms with Crippen LogP contribution in [0.4, 0.5) is 0 Å². The van der Waals surface area contributed by atoms with Crippen molar-refractivity contribution in [2.75, 3.05) is 20.3 Å². The molecular weight excluding hydrogens is 206 g/mol. The van der Waals surface area contributed by atoms with Crippen LogP contribution >= 0.6 is 0 Å². The highest BCUT2D eigenvalue weighted by Crippen LogP contribution is 2.28. The molecule has 1 atom stereocenters. The molecule has 0 radical (unpaired) electrons. The van der Waals surface area contributed by atoms with E-state index in [9.17, 15) is 0 Å². The molecule has 0 aromatic carbocycles. The SMILES string of the molecule is COCCCc1noc(C2(C)CCCN2)n1. The van der Waals surface area contributed by atoms with Gasteiger partial charge in [0.05, 0.1) is 5.54 Å². The lowest BCUT2D eigenvalue weighted by Crippen LogP contribution is -2.33. The molecule has 16 heavy (non-hydrogen) atoms. The van der Waals surface area contributed by atoms with E-state index >= 15 is 0 Å². The van der Waals surface area contributed by atoms with Gasteiger partial charge in [0.15, 0.2) is 5.82 Å². The van der Waals surface area contributed by atoms with E-state index in [0.29, 0.717) is 0 Å². The molecule has 1 unspecified atom stereocenters. The molecule has 90 valence electrons. The first kappa shape index (κ1) is 11.5. The third kappa shape index (κ3) is 2.41. The highest BCUT2D eigenvalue weighted by molar-refractivity contribution is 5.04. The van der Waals surface area contributed by atoms with Gasteiger partial charge in [0.25, 0.3) is 0 Å². The summed E-state index contributed by atoms with van der Waals surface area (Å²) in [6, 6.07) is 0. The lowest BCUT2D eigenvalue weighted by Gasteiger charge is -2.18. The van der Waals surface area contributed by atoms with Crippen LogP contribution in [0.1, 0.15) is 37.9 Å². The van der Waals surface area contributed by atoms with Crippen LogP contribution in [0.2, 0.25) is 0 Å². The molecule has 0 aliphatic carbocycles. The highest BCUT2D eigenvalue weighted by Gasteiger charge is 2.35. The number of methoxy groups -OCH3 is 1. The van der Waals surface area contributed by atoms with Gasteiger partial charge in [0, 0.05) is 20.1 Å². The number of aromatic nitrogens is 2. The van der Waals surface area contributed by atoms with E-state index in [-0.39, 0.29) is 5.54 Å². The summed E-state index contributed by atoms with van der Waals surface area (Å²) in [6.07, 6.45) is 3.97. The van der Waals surface area contributed by atoms with Gasteiger partial charge >= 0.3 is 0 Å². The summed E-state index contributed by atoms with van der Waals surface area (Å²) in [4.78, 5) is 4.44.